The lowest BCUT2D eigenvalue weighted by Crippen LogP contribution is -2.32. The number of nitrogens with zero attached hydrogens (tertiary/aromatic N) is 3. The van der Waals surface area contributed by atoms with Crippen LogP contribution in [0.15, 0.2) is 60.7 Å². The number of carbonyl (C=O) groups excluding carboxylic acids is 1. The van der Waals surface area contributed by atoms with Crippen LogP contribution in [0.4, 0.5) is 5.69 Å². The molecular formula is C26H26N4O2. The Kier molecular flexibility index (Phi) is 5.05. The average molecular weight is 427 g/mol. The van der Waals surface area contributed by atoms with Crippen LogP contribution < -0.4 is 9.64 Å². The Bertz CT molecular complexity index is 1290. The first-order chi connectivity index (χ1) is 15.5. The minimum atomic E-state index is 0.0191. The monoisotopic (exact) mass is 426 g/mol. The number of carbonyl (C=O) groups is 1. The maximum absolute atomic E-state index is 13.2. The van der Waals surface area contributed by atoms with Crippen LogP contribution in [0, 0.1) is 6.92 Å². The second-order valence-corrected chi connectivity index (χ2v) is 8.39. The maximum atomic E-state index is 13.2. The number of benzene rings is 3. The van der Waals surface area contributed by atoms with Crippen molar-refractivity contribution in [1.29, 1.82) is 0 Å². The van der Waals surface area contributed by atoms with Crippen molar-refractivity contribution in [2.45, 2.75) is 13.5 Å². The van der Waals surface area contributed by atoms with E-state index in [0.717, 1.165) is 45.0 Å². The third-order valence-electron chi connectivity index (χ3n) is 5.89. The van der Waals surface area contributed by atoms with E-state index in [-0.39, 0.29) is 5.91 Å². The zero-order valence-electron chi connectivity index (χ0n) is 18.6. The van der Waals surface area contributed by atoms with Gasteiger partial charge in [-0.3, -0.25) is 4.79 Å². The van der Waals surface area contributed by atoms with E-state index in [1.54, 1.807) is 0 Å². The third-order valence-corrected chi connectivity index (χ3v) is 5.89. The SMILES string of the molecule is Cc1nc2cc(-c3ccc4c(c3)CN(C(=O)c3ccc(N(C)C)cc3)CCO4)ccc2[nH]1. The van der Waals surface area contributed by atoms with Gasteiger partial charge >= 0.3 is 0 Å². The molecule has 0 spiro atoms. The number of amides is 1. The van der Waals surface area contributed by atoms with E-state index in [0.29, 0.717) is 25.3 Å². The summed E-state index contributed by atoms with van der Waals surface area (Å²) in [5, 5.41) is 0. The molecule has 32 heavy (non-hydrogen) atoms. The van der Waals surface area contributed by atoms with Gasteiger partial charge in [0.2, 0.25) is 0 Å². The molecule has 0 radical (unpaired) electrons. The van der Waals surface area contributed by atoms with Gasteiger partial charge in [-0.1, -0.05) is 12.1 Å². The summed E-state index contributed by atoms with van der Waals surface area (Å²) in [6.07, 6.45) is 0. The number of imidazole rings is 1. The average Bonchev–Trinajstić information content (AvgIpc) is 3.04. The third kappa shape index (κ3) is 3.80. The van der Waals surface area contributed by atoms with E-state index < -0.39 is 0 Å². The van der Waals surface area contributed by atoms with Crippen molar-refractivity contribution in [3.05, 3.63) is 77.6 Å². The van der Waals surface area contributed by atoms with Gasteiger partial charge in [0.25, 0.3) is 5.91 Å². The van der Waals surface area contributed by atoms with E-state index >= 15 is 0 Å². The molecule has 2 heterocycles. The van der Waals surface area contributed by atoms with Crippen molar-refractivity contribution in [2.24, 2.45) is 0 Å². The first-order valence-electron chi connectivity index (χ1n) is 10.8. The summed E-state index contributed by atoms with van der Waals surface area (Å²) in [5.41, 5.74) is 6.92. The normalized spacial score (nSPS) is 13.4. The molecule has 0 bridgehead atoms. The second-order valence-electron chi connectivity index (χ2n) is 8.39. The first kappa shape index (κ1) is 20.1. The van der Waals surface area contributed by atoms with Gasteiger partial charge in [-0.2, -0.15) is 0 Å². The van der Waals surface area contributed by atoms with Crippen molar-refractivity contribution in [2.75, 3.05) is 32.1 Å². The van der Waals surface area contributed by atoms with Crippen molar-refractivity contribution in [3.63, 3.8) is 0 Å². The van der Waals surface area contributed by atoms with Crippen molar-refractivity contribution >= 4 is 22.6 Å². The van der Waals surface area contributed by atoms with Crippen LogP contribution in [0.2, 0.25) is 0 Å². The van der Waals surface area contributed by atoms with Crippen LogP contribution in [0.3, 0.4) is 0 Å². The van der Waals surface area contributed by atoms with Crippen molar-refractivity contribution in [3.8, 4) is 16.9 Å². The standard InChI is InChI=1S/C26H26N4O2/c1-17-27-23-10-6-20(15-24(23)28-17)19-7-11-25-21(14-19)16-30(12-13-32-25)26(31)18-4-8-22(9-5-18)29(2)3/h4-11,14-15H,12-13,16H2,1-3H3,(H,27,28). The number of hydrogen-bond acceptors (Lipinski definition) is 4. The molecule has 0 atom stereocenters. The molecule has 0 unspecified atom stereocenters. The predicted octanol–water partition coefficient (Wildman–Crippen LogP) is 4.64. The summed E-state index contributed by atoms with van der Waals surface area (Å²) < 4.78 is 5.96. The zero-order valence-corrected chi connectivity index (χ0v) is 18.6. The van der Waals surface area contributed by atoms with Crippen LogP contribution in [0.25, 0.3) is 22.2 Å². The maximum Gasteiger partial charge on any atom is 0.254 e. The van der Waals surface area contributed by atoms with Crippen LogP contribution in [-0.2, 0) is 6.54 Å². The highest BCUT2D eigenvalue weighted by Gasteiger charge is 2.21. The Labute approximate surface area is 187 Å². The molecule has 1 aliphatic heterocycles. The Balaban J connectivity index is 1.43. The number of fused-ring (bicyclic) bond motifs is 2. The highest BCUT2D eigenvalue weighted by molar-refractivity contribution is 5.94. The Hall–Kier alpha value is -3.80. The molecule has 1 N–H and O–H groups in total. The highest BCUT2D eigenvalue weighted by atomic mass is 16.5. The predicted molar refractivity (Wildman–Crippen MR) is 127 cm³/mol. The Morgan fingerprint density at radius 2 is 1.78 bits per heavy atom. The smallest absolute Gasteiger partial charge is 0.254 e. The molecule has 1 aliphatic rings. The van der Waals surface area contributed by atoms with Crippen molar-refractivity contribution < 1.29 is 9.53 Å². The number of hydrogen-bond donors (Lipinski definition) is 1. The molecule has 6 heteroatoms. The Morgan fingerprint density at radius 3 is 2.56 bits per heavy atom. The Morgan fingerprint density at radius 1 is 1.03 bits per heavy atom. The molecule has 0 saturated heterocycles. The van der Waals surface area contributed by atoms with E-state index in [2.05, 4.69) is 40.3 Å². The molecule has 0 fully saturated rings. The van der Waals surface area contributed by atoms with E-state index in [1.807, 2.05) is 61.2 Å². The topological polar surface area (TPSA) is 61.5 Å². The fourth-order valence-electron chi connectivity index (χ4n) is 4.14. The fourth-order valence-corrected chi connectivity index (χ4v) is 4.14. The zero-order chi connectivity index (χ0) is 22.2. The lowest BCUT2D eigenvalue weighted by Gasteiger charge is -2.21. The van der Waals surface area contributed by atoms with Crippen molar-refractivity contribution in [1.82, 2.24) is 14.9 Å². The number of aromatic nitrogens is 2. The van der Waals surface area contributed by atoms with E-state index in [1.165, 1.54) is 0 Å². The molecule has 0 aliphatic carbocycles. The van der Waals surface area contributed by atoms with Gasteiger partial charge in [0.05, 0.1) is 17.6 Å². The molecule has 3 aromatic carbocycles. The lowest BCUT2D eigenvalue weighted by molar-refractivity contribution is 0.0733. The van der Waals surface area contributed by atoms with Gasteiger partial charge in [-0.25, -0.2) is 4.98 Å². The minimum Gasteiger partial charge on any atom is -0.491 e. The summed E-state index contributed by atoms with van der Waals surface area (Å²) in [5.74, 6) is 1.76. The van der Waals surface area contributed by atoms with Gasteiger partial charge in [-0.15, -0.1) is 0 Å². The number of ether oxygens (including phenoxy) is 1. The first-order valence-corrected chi connectivity index (χ1v) is 10.8. The molecule has 6 nitrogen and oxygen atoms in total. The highest BCUT2D eigenvalue weighted by Crippen LogP contribution is 2.31. The summed E-state index contributed by atoms with van der Waals surface area (Å²) in [6, 6.07) is 20.2. The minimum absolute atomic E-state index is 0.0191. The van der Waals surface area contributed by atoms with Crippen LogP contribution in [0.5, 0.6) is 5.75 Å². The summed E-state index contributed by atoms with van der Waals surface area (Å²) >= 11 is 0. The quantitative estimate of drug-likeness (QED) is 0.519. The van der Waals surface area contributed by atoms with E-state index in [4.69, 9.17) is 4.74 Å². The summed E-state index contributed by atoms with van der Waals surface area (Å²) in [4.78, 5) is 24.9. The lowest BCUT2D eigenvalue weighted by atomic mass is 10.0. The largest absolute Gasteiger partial charge is 0.491 e. The molecule has 5 rings (SSSR count). The molecular weight excluding hydrogens is 400 g/mol. The number of H-pyrrole nitrogens is 1. The van der Waals surface area contributed by atoms with Gasteiger partial charge in [-0.05, 0) is 66.6 Å². The number of nitrogens with one attached hydrogen (secondary N) is 1. The van der Waals surface area contributed by atoms with Gasteiger partial charge in [0.1, 0.15) is 18.2 Å². The molecule has 1 amide bonds. The van der Waals surface area contributed by atoms with Crippen LogP contribution in [-0.4, -0.2) is 48.0 Å². The summed E-state index contributed by atoms with van der Waals surface area (Å²) in [6.45, 7) is 3.50. The number of aromatic amines is 1. The number of aryl methyl sites for hydroxylation is 1. The number of anilines is 1. The van der Waals surface area contributed by atoms with Gasteiger partial charge < -0.3 is 19.5 Å². The number of rotatable bonds is 3. The van der Waals surface area contributed by atoms with Crippen LogP contribution in [0.1, 0.15) is 21.7 Å². The second kappa shape index (κ2) is 8.04. The molecule has 162 valence electrons. The van der Waals surface area contributed by atoms with Crippen LogP contribution >= 0.6 is 0 Å². The van der Waals surface area contributed by atoms with E-state index in [9.17, 15) is 4.79 Å². The molecule has 4 aromatic rings. The fraction of sp³-hybridized carbons (Fsp3) is 0.231. The summed E-state index contributed by atoms with van der Waals surface area (Å²) in [7, 11) is 3.98. The molecule has 1 aromatic heterocycles. The van der Waals surface area contributed by atoms with Gasteiger partial charge in [0, 0.05) is 37.5 Å². The van der Waals surface area contributed by atoms with Gasteiger partial charge in [0.15, 0.2) is 0 Å². The molecule has 0 saturated carbocycles.